The zero-order chi connectivity index (χ0) is 24.0. The Bertz CT molecular complexity index is 1110. The van der Waals surface area contributed by atoms with Crippen molar-refractivity contribution < 1.29 is 28.6 Å². The standard InChI is InChI=1S/C24H29N3O6/c1-5-6-13-31-23(30)26-18(14-32-24(2,3)4)20-19(22(28)29)27-21(33-20)16-9-7-11-17-15(16)10-8-12-25-17/h7-12,18H,5-6,13-14H2,1-4H3,(H,26,30)(H,28,29)/t18-/m0/s1. The van der Waals surface area contributed by atoms with E-state index in [9.17, 15) is 14.7 Å². The van der Waals surface area contributed by atoms with Gasteiger partial charge in [0.15, 0.2) is 11.5 Å². The summed E-state index contributed by atoms with van der Waals surface area (Å²) in [5.74, 6) is -1.18. The number of ether oxygens (including phenoxy) is 2. The fourth-order valence-corrected chi connectivity index (χ4v) is 3.14. The lowest BCUT2D eigenvalue weighted by molar-refractivity contribution is -0.0174. The highest BCUT2D eigenvalue weighted by atomic mass is 16.5. The quantitative estimate of drug-likeness (QED) is 0.433. The van der Waals surface area contributed by atoms with Gasteiger partial charge in [0.1, 0.15) is 6.04 Å². The van der Waals surface area contributed by atoms with Gasteiger partial charge in [0, 0.05) is 17.1 Å². The summed E-state index contributed by atoms with van der Waals surface area (Å²) in [6.07, 6.45) is 2.58. The Morgan fingerprint density at radius 1 is 1.21 bits per heavy atom. The van der Waals surface area contributed by atoms with E-state index in [1.54, 1.807) is 24.4 Å². The van der Waals surface area contributed by atoms with E-state index >= 15 is 0 Å². The minimum absolute atomic E-state index is 0.0184. The van der Waals surface area contributed by atoms with E-state index in [4.69, 9.17) is 13.9 Å². The maximum atomic E-state index is 12.4. The zero-order valence-electron chi connectivity index (χ0n) is 19.3. The summed E-state index contributed by atoms with van der Waals surface area (Å²) in [6, 6.07) is 8.12. The maximum absolute atomic E-state index is 12.4. The van der Waals surface area contributed by atoms with Crippen LogP contribution in [0.15, 0.2) is 40.9 Å². The van der Waals surface area contributed by atoms with Gasteiger partial charge in [0.25, 0.3) is 0 Å². The Balaban J connectivity index is 2.00. The molecule has 0 bridgehead atoms. The molecule has 1 aromatic carbocycles. The summed E-state index contributed by atoms with van der Waals surface area (Å²) >= 11 is 0. The number of carbonyl (C=O) groups excluding carboxylic acids is 1. The van der Waals surface area contributed by atoms with Gasteiger partial charge in [0.05, 0.1) is 24.3 Å². The molecule has 176 valence electrons. The monoisotopic (exact) mass is 455 g/mol. The number of hydrogen-bond acceptors (Lipinski definition) is 7. The highest BCUT2D eigenvalue weighted by Crippen LogP contribution is 2.31. The number of aromatic nitrogens is 2. The van der Waals surface area contributed by atoms with Crippen molar-refractivity contribution in [1.82, 2.24) is 15.3 Å². The minimum atomic E-state index is -1.28. The average molecular weight is 456 g/mol. The number of carboxylic acids is 1. The van der Waals surface area contributed by atoms with E-state index in [1.807, 2.05) is 39.8 Å². The van der Waals surface area contributed by atoms with Crippen molar-refractivity contribution in [1.29, 1.82) is 0 Å². The van der Waals surface area contributed by atoms with Crippen LogP contribution in [0.3, 0.4) is 0 Å². The third kappa shape index (κ3) is 6.29. The lowest BCUT2D eigenvalue weighted by Gasteiger charge is -2.24. The van der Waals surface area contributed by atoms with Crippen molar-refractivity contribution in [2.24, 2.45) is 0 Å². The third-order valence-electron chi connectivity index (χ3n) is 4.75. The van der Waals surface area contributed by atoms with Crippen LogP contribution in [0.5, 0.6) is 0 Å². The van der Waals surface area contributed by atoms with Crippen LogP contribution in [0.25, 0.3) is 22.4 Å². The number of alkyl carbamates (subject to hydrolysis) is 1. The number of aromatic carboxylic acids is 1. The second-order valence-corrected chi connectivity index (χ2v) is 8.52. The summed E-state index contributed by atoms with van der Waals surface area (Å²) in [7, 11) is 0. The molecule has 0 spiro atoms. The number of nitrogens with one attached hydrogen (secondary N) is 1. The molecule has 0 radical (unpaired) electrons. The number of carbonyl (C=O) groups is 2. The topological polar surface area (TPSA) is 124 Å². The van der Waals surface area contributed by atoms with E-state index in [0.717, 1.165) is 23.7 Å². The smallest absolute Gasteiger partial charge is 0.407 e. The molecule has 0 aliphatic heterocycles. The largest absolute Gasteiger partial charge is 0.476 e. The predicted octanol–water partition coefficient (Wildman–Crippen LogP) is 4.97. The third-order valence-corrected chi connectivity index (χ3v) is 4.75. The van der Waals surface area contributed by atoms with Crippen LogP contribution < -0.4 is 5.32 Å². The first-order chi connectivity index (χ1) is 15.7. The number of pyridine rings is 1. The molecular weight excluding hydrogens is 426 g/mol. The summed E-state index contributed by atoms with van der Waals surface area (Å²) in [6.45, 7) is 7.78. The van der Waals surface area contributed by atoms with Crippen molar-refractivity contribution >= 4 is 23.0 Å². The summed E-state index contributed by atoms with van der Waals surface area (Å²) in [5.41, 5.74) is 0.481. The van der Waals surface area contributed by atoms with Gasteiger partial charge in [0.2, 0.25) is 5.89 Å². The molecule has 2 heterocycles. The Morgan fingerprint density at radius 2 is 2.00 bits per heavy atom. The zero-order valence-corrected chi connectivity index (χ0v) is 19.3. The molecule has 0 saturated heterocycles. The van der Waals surface area contributed by atoms with E-state index < -0.39 is 23.7 Å². The number of oxazole rings is 1. The van der Waals surface area contributed by atoms with Crippen LogP contribution in [0.1, 0.15) is 62.8 Å². The number of nitrogens with zero attached hydrogens (tertiary/aromatic N) is 2. The predicted molar refractivity (Wildman–Crippen MR) is 122 cm³/mol. The lowest BCUT2D eigenvalue weighted by Crippen LogP contribution is -2.35. The molecule has 0 unspecified atom stereocenters. The molecule has 9 heteroatoms. The second-order valence-electron chi connectivity index (χ2n) is 8.52. The van der Waals surface area contributed by atoms with Crippen LogP contribution in [0.4, 0.5) is 4.79 Å². The Labute approximate surface area is 192 Å². The molecule has 9 nitrogen and oxygen atoms in total. The van der Waals surface area contributed by atoms with E-state index in [2.05, 4.69) is 15.3 Å². The summed E-state index contributed by atoms with van der Waals surface area (Å²) < 4.78 is 17.0. The molecule has 1 atom stereocenters. The maximum Gasteiger partial charge on any atom is 0.407 e. The summed E-state index contributed by atoms with van der Waals surface area (Å²) in [5, 5.41) is 13.2. The first kappa shape index (κ1) is 24.2. The van der Waals surface area contributed by atoms with Crippen LogP contribution >= 0.6 is 0 Å². The number of hydrogen-bond donors (Lipinski definition) is 2. The molecule has 3 aromatic rings. The van der Waals surface area contributed by atoms with Gasteiger partial charge in [-0.1, -0.05) is 25.5 Å². The number of amides is 1. The fraction of sp³-hybridized carbons (Fsp3) is 0.417. The molecule has 0 aliphatic rings. The molecule has 3 rings (SSSR count). The first-order valence-corrected chi connectivity index (χ1v) is 10.8. The number of unbranched alkanes of at least 4 members (excludes halogenated alkanes) is 1. The Morgan fingerprint density at radius 3 is 2.70 bits per heavy atom. The Hall–Kier alpha value is -3.46. The van der Waals surface area contributed by atoms with Crippen molar-refractivity contribution in [2.75, 3.05) is 13.2 Å². The molecule has 0 fully saturated rings. The van der Waals surface area contributed by atoms with Crippen molar-refractivity contribution in [3.63, 3.8) is 0 Å². The minimum Gasteiger partial charge on any atom is -0.476 e. The van der Waals surface area contributed by atoms with Gasteiger partial charge in [-0.2, -0.15) is 0 Å². The molecule has 2 N–H and O–H groups in total. The highest BCUT2D eigenvalue weighted by molar-refractivity contribution is 5.93. The van der Waals surface area contributed by atoms with Crippen LogP contribution in [0.2, 0.25) is 0 Å². The molecule has 33 heavy (non-hydrogen) atoms. The van der Waals surface area contributed by atoms with Gasteiger partial charge in [-0.3, -0.25) is 4.98 Å². The van der Waals surface area contributed by atoms with Crippen molar-refractivity contribution in [2.45, 2.75) is 52.2 Å². The molecule has 2 aromatic heterocycles. The van der Waals surface area contributed by atoms with Crippen molar-refractivity contribution in [3.05, 3.63) is 48.0 Å². The van der Waals surface area contributed by atoms with E-state index in [-0.39, 0.29) is 30.6 Å². The number of carboxylic acid groups (broad SMARTS) is 1. The van der Waals surface area contributed by atoms with Gasteiger partial charge >= 0.3 is 12.1 Å². The van der Waals surface area contributed by atoms with Crippen LogP contribution in [-0.2, 0) is 9.47 Å². The Kier molecular flexibility index (Phi) is 7.65. The molecule has 0 saturated carbocycles. The lowest BCUT2D eigenvalue weighted by atomic mass is 10.1. The average Bonchev–Trinajstić information content (AvgIpc) is 3.21. The van der Waals surface area contributed by atoms with Gasteiger partial charge in [-0.25, -0.2) is 14.6 Å². The highest BCUT2D eigenvalue weighted by Gasteiger charge is 2.30. The SMILES string of the molecule is CCCCOC(=O)N[C@@H](COC(C)(C)C)c1oc(-c2cccc3ncccc23)nc1C(=O)O. The van der Waals surface area contributed by atoms with Crippen LogP contribution in [0, 0.1) is 0 Å². The van der Waals surface area contributed by atoms with Crippen LogP contribution in [-0.4, -0.2) is 46.0 Å². The fourth-order valence-electron chi connectivity index (χ4n) is 3.14. The van der Waals surface area contributed by atoms with Gasteiger partial charge in [-0.15, -0.1) is 0 Å². The molecule has 1 amide bonds. The molecular formula is C24H29N3O6. The van der Waals surface area contributed by atoms with E-state index in [1.165, 1.54) is 0 Å². The van der Waals surface area contributed by atoms with Gasteiger partial charge in [-0.05, 0) is 45.4 Å². The number of rotatable bonds is 9. The van der Waals surface area contributed by atoms with Crippen molar-refractivity contribution in [3.8, 4) is 11.5 Å². The second kappa shape index (κ2) is 10.4. The normalized spacial score (nSPS) is 12.5. The summed E-state index contributed by atoms with van der Waals surface area (Å²) in [4.78, 5) is 32.9. The molecule has 0 aliphatic carbocycles. The number of benzene rings is 1. The van der Waals surface area contributed by atoms with E-state index in [0.29, 0.717) is 5.56 Å². The number of fused-ring (bicyclic) bond motifs is 1. The van der Waals surface area contributed by atoms with Gasteiger partial charge < -0.3 is 24.3 Å². The first-order valence-electron chi connectivity index (χ1n) is 10.8.